The summed E-state index contributed by atoms with van der Waals surface area (Å²) in [6, 6.07) is 0. The van der Waals surface area contributed by atoms with Gasteiger partial charge in [-0.2, -0.15) is 0 Å². The molecule has 4 saturated heterocycles. The quantitative estimate of drug-likeness (QED) is 0.727. The Morgan fingerprint density at radius 1 is 1.35 bits per heavy atom. The number of hydrogen-bond donors (Lipinski definition) is 0. The third-order valence-electron chi connectivity index (χ3n) is 6.10. The lowest BCUT2D eigenvalue weighted by Crippen LogP contribution is -2.69. The van der Waals surface area contributed by atoms with Crippen molar-refractivity contribution in [2.75, 3.05) is 6.61 Å². The van der Waals surface area contributed by atoms with Gasteiger partial charge in [0.05, 0.1) is 5.83 Å². The number of allylic oxidation sites excluding steroid dienone is 1. The molecule has 23 heavy (non-hydrogen) atoms. The molecule has 1 spiro atoms. The summed E-state index contributed by atoms with van der Waals surface area (Å²) in [5.41, 5.74) is -0.0434. The summed E-state index contributed by atoms with van der Waals surface area (Å²) in [6.07, 6.45) is 0.701. The van der Waals surface area contributed by atoms with Crippen molar-refractivity contribution >= 4 is 0 Å². The molecule has 0 radical (unpaired) electrons. The fourth-order valence-corrected chi connectivity index (χ4v) is 4.77. The zero-order valence-electron chi connectivity index (χ0n) is 14.1. The van der Waals surface area contributed by atoms with Crippen molar-refractivity contribution in [3.05, 3.63) is 11.4 Å². The largest absolute Gasteiger partial charge is 0.353 e. The zero-order chi connectivity index (χ0) is 16.4. The van der Waals surface area contributed by atoms with Crippen molar-refractivity contribution in [1.29, 1.82) is 0 Å². The lowest BCUT2D eigenvalue weighted by Gasteiger charge is -2.58. The number of ether oxygens (including phenoxy) is 3. The van der Waals surface area contributed by atoms with Crippen LogP contribution in [0.3, 0.4) is 0 Å². The van der Waals surface area contributed by atoms with E-state index in [1.54, 1.807) is 0 Å². The van der Waals surface area contributed by atoms with Gasteiger partial charge in [-0.15, -0.1) is 0 Å². The van der Waals surface area contributed by atoms with Crippen molar-refractivity contribution < 1.29 is 28.4 Å². The van der Waals surface area contributed by atoms with E-state index < -0.39 is 24.0 Å². The van der Waals surface area contributed by atoms with Crippen molar-refractivity contribution in [2.24, 2.45) is 17.8 Å². The molecule has 1 aliphatic carbocycles. The molecule has 5 nitrogen and oxygen atoms in total. The van der Waals surface area contributed by atoms with E-state index in [0.29, 0.717) is 19.4 Å². The fraction of sp³-hybridized carbons (Fsp3) is 0.882. The highest BCUT2D eigenvalue weighted by Crippen LogP contribution is 2.60. The van der Waals surface area contributed by atoms with Crippen LogP contribution in [0.15, 0.2) is 11.4 Å². The maximum Gasteiger partial charge on any atom is 0.201 e. The van der Waals surface area contributed by atoms with E-state index in [-0.39, 0.29) is 23.6 Å². The standard InChI is InChI=1S/C17H25FO5/c1-5-19-14-10(3)12-8-13(18)9(2)11-6-7-16(4)21-15(20-14)17(11,12)23-22-16/h10-12,14-15H,5-8H2,1-4H3/t10-,11+,12+,14+,15-,16-,17+/m1/s1. The van der Waals surface area contributed by atoms with E-state index in [4.69, 9.17) is 24.0 Å². The van der Waals surface area contributed by atoms with Crippen LogP contribution in [0.4, 0.5) is 4.39 Å². The minimum atomic E-state index is -0.855. The lowest BCUT2D eigenvalue weighted by atomic mass is 9.61. The molecule has 130 valence electrons. The van der Waals surface area contributed by atoms with Crippen molar-refractivity contribution in [3.63, 3.8) is 0 Å². The minimum absolute atomic E-state index is 0.0118. The lowest BCUT2D eigenvalue weighted by molar-refractivity contribution is -0.573. The summed E-state index contributed by atoms with van der Waals surface area (Å²) >= 11 is 0. The van der Waals surface area contributed by atoms with Crippen LogP contribution in [-0.4, -0.2) is 30.6 Å². The molecule has 0 N–H and O–H groups in total. The predicted molar refractivity (Wildman–Crippen MR) is 78.5 cm³/mol. The van der Waals surface area contributed by atoms with Crippen molar-refractivity contribution in [2.45, 2.75) is 70.9 Å². The third-order valence-corrected chi connectivity index (χ3v) is 6.10. The molecular formula is C17H25FO5. The average molecular weight is 328 g/mol. The first kappa shape index (κ1) is 16.0. The molecule has 4 fully saturated rings. The highest BCUT2D eigenvalue weighted by molar-refractivity contribution is 5.25. The Hall–Kier alpha value is -0.530. The summed E-state index contributed by atoms with van der Waals surface area (Å²) in [6.45, 7) is 8.19. The molecule has 0 amide bonds. The van der Waals surface area contributed by atoms with Gasteiger partial charge in [0.15, 0.2) is 18.2 Å². The second-order valence-electron chi connectivity index (χ2n) is 7.41. The summed E-state index contributed by atoms with van der Waals surface area (Å²) in [5, 5.41) is 0. The maximum absolute atomic E-state index is 14.6. The first-order valence-corrected chi connectivity index (χ1v) is 8.58. The van der Waals surface area contributed by atoms with Crippen LogP contribution in [0.25, 0.3) is 0 Å². The predicted octanol–water partition coefficient (Wildman–Crippen LogP) is 3.45. The molecule has 2 bridgehead atoms. The van der Waals surface area contributed by atoms with Gasteiger partial charge in [0.2, 0.25) is 5.79 Å². The van der Waals surface area contributed by atoms with E-state index in [1.165, 1.54) is 0 Å². The van der Waals surface area contributed by atoms with Gasteiger partial charge in [-0.25, -0.2) is 14.2 Å². The molecular weight excluding hydrogens is 303 g/mol. The first-order valence-electron chi connectivity index (χ1n) is 8.58. The zero-order valence-corrected chi connectivity index (χ0v) is 14.1. The van der Waals surface area contributed by atoms with Gasteiger partial charge in [-0.3, -0.25) is 0 Å². The number of fused-ring (bicyclic) bond motifs is 2. The van der Waals surface area contributed by atoms with E-state index in [9.17, 15) is 4.39 Å². The molecule has 4 heterocycles. The van der Waals surface area contributed by atoms with Crippen LogP contribution in [0.2, 0.25) is 0 Å². The van der Waals surface area contributed by atoms with Gasteiger partial charge in [0.1, 0.15) is 0 Å². The topological polar surface area (TPSA) is 46.2 Å². The normalized spacial score (nSPS) is 52.3. The Labute approximate surface area is 136 Å². The first-order chi connectivity index (χ1) is 10.9. The monoisotopic (exact) mass is 328 g/mol. The molecule has 0 aromatic carbocycles. The van der Waals surface area contributed by atoms with Crippen molar-refractivity contribution in [3.8, 4) is 0 Å². The second-order valence-corrected chi connectivity index (χ2v) is 7.41. The van der Waals surface area contributed by atoms with Crippen LogP contribution in [0.1, 0.15) is 47.0 Å². The summed E-state index contributed by atoms with van der Waals surface area (Å²) in [7, 11) is 0. The van der Waals surface area contributed by atoms with E-state index >= 15 is 0 Å². The highest BCUT2D eigenvalue weighted by Gasteiger charge is 2.69. The average Bonchev–Trinajstić information content (AvgIpc) is 2.74. The number of rotatable bonds is 2. The van der Waals surface area contributed by atoms with Gasteiger partial charge in [-0.05, 0) is 32.8 Å². The molecule has 0 aromatic heterocycles. The molecule has 0 aromatic rings. The molecule has 6 heteroatoms. The number of hydrogen-bond acceptors (Lipinski definition) is 5. The van der Waals surface area contributed by atoms with E-state index in [0.717, 1.165) is 12.0 Å². The van der Waals surface area contributed by atoms with Gasteiger partial charge in [0, 0.05) is 37.2 Å². The maximum atomic E-state index is 14.6. The van der Waals surface area contributed by atoms with Gasteiger partial charge < -0.3 is 14.2 Å². The highest BCUT2D eigenvalue weighted by atomic mass is 19.1. The molecule has 5 rings (SSSR count). The van der Waals surface area contributed by atoms with Crippen LogP contribution in [0, 0.1) is 17.8 Å². The van der Waals surface area contributed by atoms with E-state index in [2.05, 4.69) is 0 Å². The second kappa shape index (κ2) is 5.23. The molecule has 4 aliphatic heterocycles. The van der Waals surface area contributed by atoms with Crippen LogP contribution < -0.4 is 0 Å². The van der Waals surface area contributed by atoms with Crippen LogP contribution in [0.5, 0.6) is 0 Å². The molecule has 7 atom stereocenters. The van der Waals surface area contributed by atoms with Gasteiger partial charge >= 0.3 is 0 Å². The SMILES string of the molecule is CCO[C@H]1O[C@@H]2O[C@@]3(C)CC[C@H]4C(C)=C(F)C[C@@H]([C@H]1C)[C@]24OO3. The third kappa shape index (κ3) is 2.09. The smallest absolute Gasteiger partial charge is 0.201 e. The Balaban J connectivity index is 1.82. The Morgan fingerprint density at radius 3 is 2.87 bits per heavy atom. The minimum Gasteiger partial charge on any atom is -0.353 e. The van der Waals surface area contributed by atoms with Crippen LogP contribution >= 0.6 is 0 Å². The Kier molecular flexibility index (Phi) is 3.63. The van der Waals surface area contributed by atoms with E-state index in [1.807, 2.05) is 27.7 Å². The summed E-state index contributed by atoms with van der Waals surface area (Å²) < 4.78 is 32.7. The Morgan fingerprint density at radius 2 is 2.13 bits per heavy atom. The van der Waals surface area contributed by atoms with Crippen molar-refractivity contribution in [1.82, 2.24) is 0 Å². The van der Waals surface area contributed by atoms with Crippen LogP contribution in [-0.2, 0) is 24.0 Å². The molecule has 5 aliphatic rings. The molecule has 0 saturated carbocycles. The fourth-order valence-electron chi connectivity index (χ4n) is 4.77. The molecule has 0 unspecified atom stereocenters. The van der Waals surface area contributed by atoms with Gasteiger partial charge in [0.25, 0.3) is 0 Å². The summed E-state index contributed by atoms with van der Waals surface area (Å²) in [5.74, 6) is -1.10. The van der Waals surface area contributed by atoms with Gasteiger partial charge in [-0.1, -0.05) is 6.92 Å². The summed E-state index contributed by atoms with van der Waals surface area (Å²) in [4.78, 5) is 11.6. The number of halogens is 1. The Bertz CT molecular complexity index is 537.